The quantitative estimate of drug-likeness (QED) is 0.665. The average molecular weight is 309 g/mol. The Morgan fingerprint density at radius 1 is 1.14 bits per heavy atom. The van der Waals surface area contributed by atoms with Gasteiger partial charge in [-0.3, -0.25) is 0 Å². The molecule has 1 saturated carbocycles. The third-order valence-electron chi connectivity index (χ3n) is 4.09. The van der Waals surface area contributed by atoms with Crippen molar-refractivity contribution in [3.05, 3.63) is 0 Å². The van der Waals surface area contributed by atoms with E-state index in [4.69, 9.17) is 4.74 Å². The molecule has 1 rings (SSSR count). The van der Waals surface area contributed by atoms with E-state index in [1.54, 1.807) is 0 Å². The predicted octanol–water partition coefficient (Wildman–Crippen LogP) is 4.54. The Kier molecular flexibility index (Phi) is 7.48. The SMILES string of the molecule is CC(C)(C)NCC(CCCOCC(F)(F)F)C1CCCC1. The van der Waals surface area contributed by atoms with Crippen molar-refractivity contribution in [3.8, 4) is 0 Å². The highest BCUT2D eigenvalue weighted by molar-refractivity contribution is 4.80. The van der Waals surface area contributed by atoms with Gasteiger partial charge in [0.2, 0.25) is 0 Å². The van der Waals surface area contributed by atoms with Crippen molar-refractivity contribution < 1.29 is 17.9 Å². The number of ether oxygens (including phenoxy) is 1. The molecule has 0 aliphatic heterocycles. The average Bonchev–Trinajstić information content (AvgIpc) is 2.83. The van der Waals surface area contributed by atoms with E-state index >= 15 is 0 Å². The van der Waals surface area contributed by atoms with E-state index in [0.29, 0.717) is 12.3 Å². The predicted molar refractivity (Wildman–Crippen MR) is 79.3 cm³/mol. The molecular weight excluding hydrogens is 279 g/mol. The normalized spacial score (nSPS) is 19.1. The van der Waals surface area contributed by atoms with E-state index in [0.717, 1.165) is 18.9 Å². The zero-order valence-electron chi connectivity index (χ0n) is 13.6. The van der Waals surface area contributed by atoms with E-state index < -0.39 is 12.8 Å². The van der Waals surface area contributed by atoms with Crippen molar-refractivity contribution in [1.82, 2.24) is 5.32 Å². The summed E-state index contributed by atoms with van der Waals surface area (Å²) in [6, 6.07) is 0. The first kappa shape index (κ1) is 18.8. The molecule has 1 aliphatic carbocycles. The molecule has 1 unspecified atom stereocenters. The van der Waals surface area contributed by atoms with Crippen LogP contribution in [0.25, 0.3) is 0 Å². The zero-order chi connectivity index (χ0) is 15.9. The summed E-state index contributed by atoms with van der Waals surface area (Å²) in [7, 11) is 0. The number of alkyl halides is 3. The third-order valence-corrected chi connectivity index (χ3v) is 4.09. The second-order valence-electron chi connectivity index (χ2n) is 7.25. The van der Waals surface area contributed by atoms with Crippen LogP contribution in [-0.4, -0.2) is 31.5 Å². The van der Waals surface area contributed by atoms with Gasteiger partial charge < -0.3 is 10.1 Å². The second-order valence-corrected chi connectivity index (χ2v) is 7.25. The van der Waals surface area contributed by atoms with Gasteiger partial charge in [0, 0.05) is 12.1 Å². The number of halogens is 3. The van der Waals surface area contributed by atoms with E-state index in [1.165, 1.54) is 25.7 Å². The molecule has 0 aromatic carbocycles. The van der Waals surface area contributed by atoms with Crippen molar-refractivity contribution in [2.24, 2.45) is 11.8 Å². The van der Waals surface area contributed by atoms with Crippen LogP contribution in [0.1, 0.15) is 59.3 Å². The van der Waals surface area contributed by atoms with E-state index in [1.807, 2.05) is 0 Å². The van der Waals surface area contributed by atoms with E-state index in [2.05, 4.69) is 26.1 Å². The molecule has 1 N–H and O–H groups in total. The molecule has 0 radical (unpaired) electrons. The summed E-state index contributed by atoms with van der Waals surface area (Å²) in [5.74, 6) is 1.28. The minimum atomic E-state index is -4.21. The van der Waals surface area contributed by atoms with Gasteiger partial charge in [0.25, 0.3) is 0 Å². The molecule has 1 aliphatic rings. The molecule has 5 heteroatoms. The molecule has 2 nitrogen and oxygen atoms in total. The molecule has 0 saturated heterocycles. The van der Waals surface area contributed by atoms with Crippen molar-refractivity contribution in [1.29, 1.82) is 0 Å². The highest BCUT2D eigenvalue weighted by Crippen LogP contribution is 2.33. The van der Waals surface area contributed by atoms with Gasteiger partial charge in [-0.2, -0.15) is 13.2 Å². The van der Waals surface area contributed by atoms with Crippen LogP contribution in [-0.2, 0) is 4.74 Å². The molecule has 21 heavy (non-hydrogen) atoms. The summed E-state index contributed by atoms with van der Waals surface area (Å²) in [6.45, 7) is 6.47. The van der Waals surface area contributed by atoms with E-state index in [9.17, 15) is 13.2 Å². The lowest BCUT2D eigenvalue weighted by molar-refractivity contribution is -0.174. The number of nitrogens with one attached hydrogen (secondary N) is 1. The monoisotopic (exact) mass is 309 g/mol. The van der Waals surface area contributed by atoms with Crippen LogP contribution in [0.2, 0.25) is 0 Å². The maximum Gasteiger partial charge on any atom is 0.411 e. The van der Waals surface area contributed by atoms with Crippen LogP contribution in [0, 0.1) is 11.8 Å². The fourth-order valence-corrected chi connectivity index (χ4v) is 3.01. The lowest BCUT2D eigenvalue weighted by Crippen LogP contribution is -2.40. The third kappa shape index (κ3) is 9.35. The Morgan fingerprint density at radius 2 is 1.76 bits per heavy atom. The van der Waals surface area contributed by atoms with Gasteiger partial charge in [0.1, 0.15) is 6.61 Å². The molecule has 0 aromatic heterocycles. The number of hydrogen-bond acceptors (Lipinski definition) is 2. The van der Waals surface area contributed by atoms with Gasteiger partial charge in [-0.1, -0.05) is 25.7 Å². The first-order chi connectivity index (χ1) is 9.67. The fraction of sp³-hybridized carbons (Fsp3) is 1.00. The largest absolute Gasteiger partial charge is 0.411 e. The summed E-state index contributed by atoms with van der Waals surface area (Å²) in [5.41, 5.74) is 0.0869. The maximum absolute atomic E-state index is 12.0. The maximum atomic E-state index is 12.0. The summed E-state index contributed by atoms with van der Waals surface area (Å²) >= 11 is 0. The Hall–Kier alpha value is -0.290. The van der Waals surface area contributed by atoms with Crippen LogP contribution >= 0.6 is 0 Å². The molecule has 1 fully saturated rings. The summed E-state index contributed by atoms with van der Waals surface area (Å²) in [5, 5.41) is 3.54. The lowest BCUT2D eigenvalue weighted by atomic mass is 9.86. The minimum absolute atomic E-state index is 0.0869. The smallest absolute Gasteiger partial charge is 0.372 e. The highest BCUT2D eigenvalue weighted by Gasteiger charge is 2.28. The molecule has 0 heterocycles. The minimum Gasteiger partial charge on any atom is -0.372 e. The van der Waals surface area contributed by atoms with Crippen LogP contribution in [0.5, 0.6) is 0 Å². The standard InChI is InChI=1S/C16H30F3NO/c1-15(2,3)20-11-14(13-7-4-5-8-13)9-6-10-21-12-16(17,18)19/h13-14,20H,4-12H2,1-3H3. The van der Waals surface area contributed by atoms with Crippen molar-refractivity contribution >= 4 is 0 Å². The molecule has 0 bridgehead atoms. The zero-order valence-corrected chi connectivity index (χ0v) is 13.6. The van der Waals surface area contributed by atoms with E-state index in [-0.39, 0.29) is 12.1 Å². The van der Waals surface area contributed by atoms with Gasteiger partial charge in [0.15, 0.2) is 0 Å². The first-order valence-electron chi connectivity index (χ1n) is 8.07. The first-order valence-corrected chi connectivity index (χ1v) is 8.07. The topological polar surface area (TPSA) is 21.3 Å². The number of hydrogen-bond donors (Lipinski definition) is 1. The van der Waals surface area contributed by atoms with Gasteiger partial charge in [-0.05, 0) is 52.0 Å². The van der Waals surface area contributed by atoms with Gasteiger partial charge >= 0.3 is 6.18 Å². The summed E-state index contributed by atoms with van der Waals surface area (Å²) < 4.78 is 40.7. The molecular formula is C16H30F3NO. The Labute approximate surface area is 126 Å². The summed E-state index contributed by atoms with van der Waals surface area (Å²) in [6.07, 6.45) is 2.57. The van der Waals surface area contributed by atoms with Crippen LogP contribution in [0.4, 0.5) is 13.2 Å². The Morgan fingerprint density at radius 3 is 2.29 bits per heavy atom. The molecule has 0 aromatic rings. The Bertz CT molecular complexity index is 280. The highest BCUT2D eigenvalue weighted by atomic mass is 19.4. The van der Waals surface area contributed by atoms with Crippen molar-refractivity contribution in [2.75, 3.05) is 19.8 Å². The van der Waals surface area contributed by atoms with Crippen LogP contribution < -0.4 is 5.32 Å². The van der Waals surface area contributed by atoms with Crippen molar-refractivity contribution in [3.63, 3.8) is 0 Å². The lowest BCUT2D eigenvalue weighted by Gasteiger charge is -2.29. The van der Waals surface area contributed by atoms with Gasteiger partial charge in [-0.25, -0.2) is 0 Å². The second kappa shape index (κ2) is 8.37. The fourth-order valence-electron chi connectivity index (χ4n) is 3.01. The van der Waals surface area contributed by atoms with Crippen molar-refractivity contribution in [2.45, 2.75) is 71.0 Å². The molecule has 0 amide bonds. The summed E-state index contributed by atoms with van der Waals surface area (Å²) in [4.78, 5) is 0. The van der Waals surface area contributed by atoms with Gasteiger partial charge in [-0.15, -0.1) is 0 Å². The molecule has 1 atom stereocenters. The number of rotatable bonds is 8. The molecule has 0 spiro atoms. The Balaban J connectivity index is 2.28. The molecule has 126 valence electrons. The van der Waals surface area contributed by atoms with Crippen LogP contribution in [0.3, 0.4) is 0 Å². The van der Waals surface area contributed by atoms with Crippen LogP contribution in [0.15, 0.2) is 0 Å². The van der Waals surface area contributed by atoms with Gasteiger partial charge in [0.05, 0.1) is 0 Å².